The van der Waals surface area contributed by atoms with Crippen LogP contribution in [0.3, 0.4) is 0 Å². The van der Waals surface area contributed by atoms with Gasteiger partial charge in [0.25, 0.3) is 0 Å². The van der Waals surface area contributed by atoms with Crippen LogP contribution in [-0.2, 0) is 4.74 Å². The van der Waals surface area contributed by atoms with Gasteiger partial charge in [0, 0.05) is 0 Å². The fourth-order valence-corrected chi connectivity index (χ4v) is 4.12. The lowest BCUT2D eigenvalue weighted by Crippen LogP contribution is -2.17. The Balaban J connectivity index is 1.57. The van der Waals surface area contributed by atoms with E-state index >= 15 is 0 Å². The molecule has 0 aliphatic heterocycles. The smallest absolute Gasteiger partial charge is 0.343 e. The Bertz CT molecular complexity index is 1130. The first-order valence-electron chi connectivity index (χ1n) is 13.9. The summed E-state index contributed by atoms with van der Waals surface area (Å²) in [5.41, 5.74) is 2.66. The fraction of sp³-hybridized carbons (Fsp3) is 0.394. The van der Waals surface area contributed by atoms with E-state index < -0.39 is 11.9 Å². The van der Waals surface area contributed by atoms with E-state index in [9.17, 15) is 9.59 Å². The minimum Gasteiger partial charge on any atom is -0.494 e. The summed E-state index contributed by atoms with van der Waals surface area (Å²) in [6.07, 6.45) is 8.68. The normalized spacial score (nSPS) is 11.6. The number of hydrogen-bond acceptors (Lipinski definition) is 5. The molecule has 38 heavy (non-hydrogen) atoms. The molecule has 0 radical (unpaired) electrons. The first-order chi connectivity index (χ1) is 18.5. The fourth-order valence-electron chi connectivity index (χ4n) is 4.12. The zero-order valence-corrected chi connectivity index (χ0v) is 22.9. The standard InChI is InChI=1S/C33H40O5/c1-4-6-8-9-12-24-36-29-22-20-27(21-23-29)26-16-18-28(19-17-26)32(34)38-31-15-11-10-14-30(31)33(35)37-25(3)13-7-5-2/h10-11,14-23,25H,4-9,12-13,24H2,1-3H3. The number of rotatable bonds is 15. The van der Waals surface area contributed by atoms with E-state index in [4.69, 9.17) is 14.2 Å². The van der Waals surface area contributed by atoms with Crippen LogP contribution in [0.2, 0.25) is 0 Å². The maximum Gasteiger partial charge on any atom is 0.343 e. The second-order valence-corrected chi connectivity index (χ2v) is 9.61. The predicted molar refractivity (Wildman–Crippen MR) is 152 cm³/mol. The minimum atomic E-state index is -0.529. The molecule has 202 valence electrons. The molecule has 0 spiro atoms. The van der Waals surface area contributed by atoms with Crippen LogP contribution in [0, 0.1) is 0 Å². The molecule has 0 saturated heterocycles. The van der Waals surface area contributed by atoms with Crippen LogP contribution in [0.1, 0.15) is 92.9 Å². The zero-order chi connectivity index (χ0) is 27.2. The van der Waals surface area contributed by atoms with Crippen molar-refractivity contribution in [1.82, 2.24) is 0 Å². The van der Waals surface area contributed by atoms with Crippen LogP contribution >= 0.6 is 0 Å². The van der Waals surface area contributed by atoms with Crippen LogP contribution in [-0.4, -0.2) is 24.6 Å². The summed E-state index contributed by atoms with van der Waals surface area (Å²) >= 11 is 0. The molecule has 3 rings (SSSR count). The van der Waals surface area contributed by atoms with E-state index in [-0.39, 0.29) is 17.4 Å². The van der Waals surface area contributed by atoms with Gasteiger partial charge in [-0.05, 0) is 67.3 Å². The number of carbonyl (C=O) groups excluding carboxylic acids is 2. The topological polar surface area (TPSA) is 61.8 Å². The quantitative estimate of drug-likeness (QED) is 0.115. The van der Waals surface area contributed by atoms with Crippen molar-refractivity contribution in [2.45, 2.75) is 78.2 Å². The predicted octanol–water partition coefficient (Wildman–Crippen LogP) is 8.66. The van der Waals surface area contributed by atoms with Crippen LogP contribution in [0.4, 0.5) is 0 Å². The van der Waals surface area contributed by atoms with Crippen molar-refractivity contribution < 1.29 is 23.8 Å². The molecule has 0 aliphatic carbocycles. The summed E-state index contributed by atoms with van der Waals surface area (Å²) in [5, 5.41) is 0. The van der Waals surface area contributed by atoms with Crippen LogP contribution in [0.25, 0.3) is 11.1 Å². The summed E-state index contributed by atoms with van der Waals surface area (Å²) in [5.74, 6) is 0.0337. The van der Waals surface area contributed by atoms with Crippen molar-refractivity contribution in [1.29, 1.82) is 0 Å². The van der Waals surface area contributed by atoms with Gasteiger partial charge in [-0.25, -0.2) is 9.59 Å². The average Bonchev–Trinajstić information content (AvgIpc) is 2.94. The number of carbonyl (C=O) groups is 2. The Kier molecular flexibility index (Phi) is 11.9. The van der Waals surface area contributed by atoms with Gasteiger partial charge < -0.3 is 14.2 Å². The lowest BCUT2D eigenvalue weighted by atomic mass is 10.0. The Labute approximate surface area is 227 Å². The van der Waals surface area contributed by atoms with Gasteiger partial charge >= 0.3 is 11.9 Å². The first-order valence-corrected chi connectivity index (χ1v) is 13.9. The summed E-state index contributed by atoms with van der Waals surface area (Å²) in [7, 11) is 0. The van der Waals surface area contributed by atoms with Gasteiger partial charge in [-0.15, -0.1) is 0 Å². The maximum absolute atomic E-state index is 12.8. The molecule has 3 aromatic carbocycles. The van der Waals surface area contributed by atoms with Crippen molar-refractivity contribution in [2.75, 3.05) is 6.61 Å². The van der Waals surface area contributed by atoms with Gasteiger partial charge in [-0.2, -0.15) is 0 Å². The molecule has 0 saturated carbocycles. The summed E-state index contributed by atoms with van der Waals surface area (Å²) < 4.78 is 17.0. The van der Waals surface area contributed by atoms with Crippen molar-refractivity contribution in [3.8, 4) is 22.6 Å². The third-order valence-electron chi connectivity index (χ3n) is 6.41. The average molecular weight is 517 g/mol. The highest BCUT2D eigenvalue weighted by Crippen LogP contribution is 2.25. The first kappa shape index (κ1) is 29.0. The SMILES string of the molecule is CCCCCCCOc1ccc(-c2ccc(C(=O)Oc3ccccc3C(=O)OC(C)CCCC)cc2)cc1. The lowest BCUT2D eigenvalue weighted by molar-refractivity contribution is 0.0316. The van der Waals surface area contributed by atoms with E-state index in [0.29, 0.717) is 5.56 Å². The third-order valence-corrected chi connectivity index (χ3v) is 6.41. The molecule has 1 unspecified atom stereocenters. The highest BCUT2D eigenvalue weighted by molar-refractivity contribution is 5.96. The molecular formula is C33H40O5. The van der Waals surface area contributed by atoms with Crippen molar-refractivity contribution >= 4 is 11.9 Å². The number of esters is 2. The molecule has 0 aromatic heterocycles. The maximum atomic E-state index is 12.8. The van der Waals surface area contributed by atoms with Gasteiger partial charge in [0.2, 0.25) is 0 Å². The molecule has 1 atom stereocenters. The molecule has 0 bridgehead atoms. The lowest BCUT2D eigenvalue weighted by Gasteiger charge is -2.14. The minimum absolute atomic E-state index is 0.190. The van der Waals surface area contributed by atoms with Gasteiger partial charge in [-0.1, -0.05) is 88.8 Å². The Hall–Kier alpha value is -3.60. The van der Waals surface area contributed by atoms with Crippen molar-refractivity contribution in [2.24, 2.45) is 0 Å². The van der Waals surface area contributed by atoms with E-state index in [1.165, 1.54) is 25.7 Å². The van der Waals surface area contributed by atoms with E-state index in [2.05, 4.69) is 13.8 Å². The van der Waals surface area contributed by atoms with Gasteiger partial charge in [-0.3, -0.25) is 0 Å². The number of hydrogen-bond donors (Lipinski definition) is 0. The molecule has 3 aromatic rings. The van der Waals surface area contributed by atoms with E-state index in [1.54, 1.807) is 36.4 Å². The highest BCUT2D eigenvalue weighted by Gasteiger charge is 2.19. The molecule has 5 nitrogen and oxygen atoms in total. The molecule has 0 aliphatic rings. The van der Waals surface area contributed by atoms with Crippen LogP contribution < -0.4 is 9.47 Å². The Morgan fingerprint density at radius 1 is 0.711 bits per heavy atom. The van der Waals surface area contributed by atoms with E-state index in [1.807, 2.05) is 43.3 Å². The van der Waals surface area contributed by atoms with Gasteiger partial charge in [0.15, 0.2) is 0 Å². The third kappa shape index (κ3) is 9.05. The number of para-hydroxylation sites is 1. The van der Waals surface area contributed by atoms with E-state index in [0.717, 1.165) is 49.2 Å². The molecular weight excluding hydrogens is 476 g/mol. The van der Waals surface area contributed by atoms with Crippen molar-refractivity contribution in [3.05, 3.63) is 83.9 Å². The zero-order valence-electron chi connectivity index (χ0n) is 22.9. The Morgan fingerprint density at radius 3 is 2.03 bits per heavy atom. The van der Waals surface area contributed by atoms with Gasteiger partial charge in [0.05, 0.1) is 18.3 Å². The monoisotopic (exact) mass is 516 g/mol. The molecule has 0 heterocycles. The second kappa shape index (κ2) is 15.6. The van der Waals surface area contributed by atoms with Crippen LogP contribution in [0.15, 0.2) is 72.8 Å². The molecule has 0 fully saturated rings. The van der Waals surface area contributed by atoms with Crippen LogP contribution in [0.5, 0.6) is 11.5 Å². The summed E-state index contributed by atoms with van der Waals surface area (Å²) in [6.45, 7) is 6.92. The second-order valence-electron chi connectivity index (χ2n) is 9.61. The molecule has 0 N–H and O–H groups in total. The molecule has 0 amide bonds. The summed E-state index contributed by atoms with van der Waals surface area (Å²) in [6, 6.07) is 21.9. The largest absolute Gasteiger partial charge is 0.494 e. The van der Waals surface area contributed by atoms with Gasteiger partial charge in [0.1, 0.15) is 17.1 Å². The van der Waals surface area contributed by atoms with Crippen molar-refractivity contribution in [3.63, 3.8) is 0 Å². The highest BCUT2D eigenvalue weighted by atomic mass is 16.6. The molecule has 5 heteroatoms. The number of benzene rings is 3. The summed E-state index contributed by atoms with van der Waals surface area (Å²) in [4.78, 5) is 25.5. The number of ether oxygens (including phenoxy) is 3. The Morgan fingerprint density at radius 2 is 1.34 bits per heavy atom. The number of unbranched alkanes of at least 4 members (excludes halogenated alkanes) is 5.